The van der Waals surface area contributed by atoms with E-state index >= 15 is 0 Å². The van der Waals surface area contributed by atoms with E-state index < -0.39 is 0 Å². The van der Waals surface area contributed by atoms with E-state index in [2.05, 4.69) is 37.4 Å². The van der Waals surface area contributed by atoms with Gasteiger partial charge in [-0.15, -0.1) is 0 Å². The maximum absolute atomic E-state index is 12.5. The molecule has 1 aromatic carbocycles. The van der Waals surface area contributed by atoms with Gasteiger partial charge in [0.25, 0.3) is 0 Å². The smallest absolute Gasteiger partial charge is 0.177 e. The van der Waals surface area contributed by atoms with E-state index in [9.17, 15) is 4.79 Å². The number of imidazole rings is 1. The number of hydrogen-bond donors (Lipinski definition) is 1. The first-order chi connectivity index (χ1) is 14.1. The molecule has 7 heteroatoms. The van der Waals surface area contributed by atoms with Crippen LogP contribution in [0.5, 0.6) is 0 Å². The Hall–Kier alpha value is -2.25. The summed E-state index contributed by atoms with van der Waals surface area (Å²) >= 11 is 3.52. The Morgan fingerprint density at radius 1 is 1.28 bits per heavy atom. The van der Waals surface area contributed by atoms with Crippen molar-refractivity contribution in [3.8, 4) is 11.3 Å². The SMILES string of the molecule is Cc1cc(-c2cnc3c(NCC4COC4)cc(Br)nn23)ccc1C(=O)CC1CC1. The molecule has 3 aromatic rings. The Morgan fingerprint density at radius 2 is 2.10 bits per heavy atom. The number of nitrogens with zero attached hydrogens (tertiary/aromatic N) is 3. The highest BCUT2D eigenvalue weighted by atomic mass is 79.9. The van der Waals surface area contributed by atoms with Crippen LogP contribution in [0.4, 0.5) is 5.69 Å². The highest BCUT2D eigenvalue weighted by Gasteiger charge is 2.25. The van der Waals surface area contributed by atoms with Crippen LogP contribution in [0.1, 0.15) is 35.2 Å². The molecule has 6 nitrogen and oxygen atoms in total. The van der Waals surface area contributed by atoms with E-state index in [1.165, 1.54) is 12.8 Å². The molecule has 0 bridgehead atoms. The van der Waals surface area contributed by atoms with E-state index in [0.717, 1.165) is 58.1 Å². The molecule has 3 heterocycles. The molecule has 0 atom stereocenters. The Kier molecular flexibility index (Phi) is 4.87. The van der Waals surface area contributed by atoms with E-state index in [1.54, 1.807) is 0 Å². The predicted octanol–water partition coefficient (Wildman–Crippen LogP) is 4.51. The first kappa shape index (κ1) is 18.8. The summed E-state index contributed by atoms with van der Waals surface area (Å²) in [6, 6.07) is 7.96. The molecule has 0 amide bonds. The number of Topliss-reactive ketones (excluding diaryl/α,β-unsaturated/α-hetero) is 1. The van der Waals surface area contributed by atoms with Crippen LogP contribution in [0.3, 0.4) is 0 Å². The monoisotopic (exact) mass is 454 g/mol. The van der Waals surface area contributed by atoms with Crippen LogP contribution in [-0.4, -0.2) is 40.1 Å². The number of benzene rings is 1. The minimum absolute atomic E-state index is 0.252. The summed E-state index contributed by atoms with van der Waals surface area (Å²) in [5.41, 5.74) is 5.46. The van der Waals surface area contributed by atoms with Crippen molar-refractivity contribution in [3.05, 3.63) is 46.2 Å². The molecule has 29 heavy (non-hydrogen) atoms. The summed E-state index contributed by atoms with van der Waals surface area (Å²) in [5.74, 6) is 1.39. The molecule has 2 aromatic heterocycles. The molecular weight excluding hydrogens is 432 g/mol. The van der Waals surface area contributed by atoms with Gasteiger partial charge >= 0.3 is 0 Å². The molecule has 1 saturated heterocycles. The Bertz CT molecular complexity index is 1090. The number of ether oxygens (including phenoxy) is 1. The summed E-state index contributed by atoms with van der Waals surface area (Å²) in [5, 5.41) is 8.08. The summed E-state index contributed by atoms with van der Waals surface area (Å²) in [4.78, 5) is 17.1. The second-order valence-corrected chi connectivity index (χ2v) is 8.96. The third-order valence-electron chi connectivity index (χ3n) is 5.72. The minimum Gasteiger partial charge on any atom is -0.381 e. The molecule has 1 aliphatic carbocycles. The molecule has 5 rings (SSSR count). The van der Waals surface area contributed by atoms with E-state index in [1.807, 2.05) is 35.8 Å². The van der Waals surface area contributed by atoms with Gasteiger partial charge in [-0.1, -0.05) is 12.1 Å². The summed E-state index contributed by atoms with van der Waals surface area (Å²) in [6.07, 6.45) is 4.89. The zero-order valence-electron chi connectivity index (χ0n) is 16.3. The zero-order valence-corrected chi connectivity index (χ0v) is 17.9. The largest absolute Gasteiger partial charge is 0.381 e. The van der Waals surface area contributed by atoms with Crippen LogP contribution >= 0.6 is 15.9 Å². The fourth-order valence-electron chi connectivity index (χ4n) is 3.75. The maximum Gasteiger partial charge on any atom is 0.177 e. The molecule has 0 unspecified atom stereocenters. The third-order valence-corrected chi connectivity index (χ3v) is 6.11. The van der Waals surface area contributed by atoms with Gasteiger partial charge in [0.2, 0.25) is 0 Å². The second kappa shape index (κ2) is 7.54. The van der Waals surface area contributed by atoms with Gasteiger partial charge in [0, 0.05) is 30.0 Å². The highest BCUT2D eigenvalue weighted by Crippen LogP contribution is 2.34. The van der Waals surface area contributed by atoms with Gasteiger partial charge in [0.05, 0.1) is 30.8 Å². The van der Waals surface area contributed by atoms with Crippen LogP contribution in [0, 0.1) is 18.8 Å². The van der Waals surface area contributed by atoms with Crippen LogP contribution in [-0.2, 0) is 4.74 Å². The lowest BCUT2D eigenvalue weighted by Crippen LogP contribution is -2.33. The number of ketones is 1. The van der Waals surface area contributed by atoms with Gasteiger partial charge in [-0.05, 0) is 59.3 Å². The fourth-order valence-corrected chi connectivity index (χ4v) is 4.14. The number of fused-ring (bicyclic) bond motifs is 1. The van der Waals surface area contributed by atoms with Crippen molar-refractivity contribution in [2.45, 2.75) is 26.2 Å². The number of rotatable bonds is 7. The Balaban J connectivity index is 1.45. The first-order valence-electron chi connectivity index (χ1n) is 10.1. The second-order valence-electron chi connectivity index (χ2n) is 8.14. The average Bonchev–Trinajstić information content (AvgIpc) is 3.36. The normalized spacial score (nSPS) is 16.8. The van der Waals surface area contributed by atoms with E-state index in [4.69, 9.17) is 4.74 Å². The van der Waals surface area contributed by atoms with Crippen molar-refractivity contribution in [2.24, 2.45) is 11.8 Å². The van der Waals surface area contributed by atoms with Gasteiger partial charge in [0.1, 0.15) is 4.60 Å². The summed E-state index contributed by atoms with van der Waals surface area (Å²) in [6.45, 7) is 4.47. The van der Waals surface area contributed by atoms with Crippen molar-refractivity contribution < 1.29 is 9.53 Å². The highest BCUT2D eigenvalue weighted by molar-refractivity contribution is 9.10. The number of carbonyl (C=O) groups is 1. The first-order valence-corrected chi connectivity index (χ1v) is 10.9. The number of nitrogens with one attached hydrogen (secondary N) is 1. The Labute approximate surface area is 177 Å². The maximum atomic E-state index is 12.5. The standard InChI is InChI=1S/C22H23BrN4O2/c1-13-6-16(4-5-17(13)20(28)7-14-2-3-14)19-10-25-22-18(8-21(23)26-27(19)22)24-9-15-11-29-12-15/h4-6,8,10,14-15,24H,2-3,7,9,11-12H2,1H3. The molecule has 1 saturated carbocycles. The lowest BCUT2D eigenvalue weighted by Gasteiger charge is -2.26. The van der Waals surface area contributed by atoms with Crippen molar-refractivity contribution >= 4 is 33.0 Å². The van der Waals surface area contributed by atoms with Crippen molar-refractivity contribution in [2.75, 3.05) is 25.1 Å². The number of aryl methyl sites for hydroxylation is 1. The number of halogens is 1. The van der Waals surface area contributed by atoms with Crippen LogP contribution in [0.15, 0.2) is 35.1 Å². The summed E-state index contributed by atoms with van der Waals surface area (Å²) < 4.78 is 7.84. The number of aromatic nitrogens is 3. The number of carbonyl (C=O) groups excluding carboxylic acids is 1. The van der Waals surface area contributed by atoms with Crippen molar-refractivity contribution in [1.29, 1.82) is 0 Å². The topological polar surface area (TPSA) is 68.5 Å². The molecule has 1 N–H and O–H groups in total. The van der Waals surface area contributed by atoms with Gasteiger partial charge < -0.3 is 10.1 Å². The van der Waals surface area contributed by atoms with Crippen LogP contribution in [0.2, 0.25) is 0 Å². The van der Waals surface area contributed by atoms with Gasteiger partial charge in [0.15, 0.2) is 11.4 Å². The molecule has 150 valence electrons. The van der Waals surface area contributed by atoms with Crippen LogP contribution < -0.4 is 5.32 Å². The van der Waals surface area contributed by atoms with Crippen LogP contribution in [0.25, 0.3) is 16.9 Å². The molecular formula is C22H23BrN4O2. The van der Waals surface area contributed by atoms with Gasteiger partial charge in [-0.2, -0.15) is 5.10 Å². The fraction of sp³-hybridized carbons (Fsp3) is 0.409. The molecule has 2 fully saturated rings. The average molecular weight is 455 g/mol. The third kappa shape index (κ3) is 3.81. The predicted molar refractivity (Wildman–Crippen MR) is 115 cm³/mol. The Morgan fingerprint density at radius 3 is 2.79 bits per heavy atom. The van der Waals surface area contributed by atoms with Gasteiger partial charge in [-0.3, -0.25) is 4.79 Å². The lowest BCUT2D eigenvalue weighted by atomic mass is 9.98. The molecule has 1 aliphatic heterocycles. The van der Waals surface area contributed by atoms with Gasteiger partial charge in [-0.25, -0.2) is 9.50 Å². The lowest BCUT2D eigenvalue weighted by molar-refractivity contribution is -0.0248. The van der Waals surface area contributed by atoms with Crippen molar-refractivity contribution in [3.63, 3.8) is 0 Å². The molecule has 0 spiro atoms. The zero-order chi connectivity index (χ0) is 20.0. The van der Waals surface area contributed by atoms with E-state index in [-0.39, 0.29) is 5.78 Å². The van der Waals surface area contributed by atoms with E-state index in [0.29, 0.717) is 18.3 Å². The number of hydrogen-bond acceptors (Lipinski definition) is 5. The molecule has 0 radical (unpaired) electrons. The molecule has 2 aliphatic rings. The minimum atomic E-state index is 0.252. The quantitative estimate of drug-likeness (QED) is 0.531. The summed E-state index contributed by atoms with van der Waals surface area (Å²) in [7, 11) is 0. The number of anilines is 1. The van der Waals surface area contributed by atoms with Crippen molar-refractivity contribution in [1.82, 2.24) is 14.6 Å².